The zero-order valence-electron chi connectivity index (χ0n) is 19.5. The molecule has 0 radical (unpaired) electrons. The number of carbonyl (C=O) groups is 1. The van der Waals surface area contributed by atoms with Crippen molar-refractivity contribution in [3.63, 3.8) is 0 Å². The lowest BCUT2D eigenvalue weighted by Crippen LogP contribution is -2.40. The molecule has 0 spiro atoms. The van der Waals surface area contributed by atoms with Gasteiger partial charge in [-0.1, -0.05) is 18.2 Å². The third kappa shape index (κ3) is 5.40. The van der Waals surface area contributed by atoms with Gasteiger partial charge in [-0.25, -0.2) is 14.4 Å². The Hall–Kier alpha value is -4.00. The van der Waals surface area contributed by atoms with Crippen LogP contribution in [0.3, 0.4) is 0 Å². The number of aryl methyl sites for hydroxylation is 1. The zero-order valence-corrected chi connectivity index (χ0v) is 19.5. The van der Waals surface area contributed by atoms with E-state index in [9.17, 15) is 9.18 Å². The summed E-state index contributed by atoms with van der Waals surface area (Å²) in [5.41, 5.74) is 2.55. The summed E-state index contributed by atoms with van der Waals surface area (Å²) in [6.45, 7) is 2.11. The van der Waals surface area contributed by atoms with Crippen molar-refractivity contribution in [3.05, 3.63) is 89.9 Å². The summed E-state index contributed by atoms with van der Waals surface area (Å²) in [4.78, 5) is 22.0. The van der Waals surface area contributed by atoms with Crippen LogP contribution in [0.15, 0.2) is 72.9 Å². The second-order valence-corrected chi connectivity index (χ2v) is 8.92. The number of carbonyl (C=O) groups excluding carboxylic acids is 1. The first kappa shape index (κ1) is 22.8. The molecule has 1 saturated carbocycles. The quantitative estimate of drug-likeness (QED) is 0.360. The second kappa shape index (κ2) is 10.1. The highest BCUT2D eigenvalue weighted by atomic mass is 19.1. The highest BCUT2D eigenvalue weighted by molar-refractivity contribution is 5.96. The van der Waals surface area contributed by atoms with Crippen LogP contribution in [0, 0.1) is 12.7 Å². The normalized spacial score (nSPS) is 17.7. The van der Waals surface area contributed by atoms with Gasteiger partial charge < -0.3 is 15.4 Å². The van der Waals surface area contributed by atoms with E-state index in [1.165, 1.54) is 35.2 Å². The van der Waals surface area contributed by atoms with Crippen molar-refractivity contribution in [2.75, 3.05) is 5.32 Å². The highest BCUT2D eigenvalue weighted by Crippen LogP contribution is 2.26. The maximum atomic E-state index is 13.2. The molecule has 2 aromatic heterocycles. The maximum absolute atomic E-state index is 13.2. The number of halogens is 1. The monoisotopic (exact) mass is 470 g/mol. The van der Waals surface area contributed by atoms with Gasteiger partial charge in [0.15, 0.2) is 0 Å². The van der Waals surface area contributed by atoms with Gasteiger partial charge in [0.2, 0.25) is 5.88 Å². The molecule has 0 aliphatic heterocycles. The van der Waals surface area contributed by atoms with Gasteiger partial charge in [0.25, 0.3) is 5.91 Å². The maximum Gasteiger partial charge on any atom is 0.257 e. The fraction of sp³-hybridized carbons (Fsp3) is 0.250. The molecular formula is C28H27FN4O2. The highest BCUT2D eigenvalue weighted by Gasteiger charge is 2.24. The molecule has 1 aliphatic rings. The van der Waals surface area contributed by atoms with Gasteiger partial charge in [0.1, 0.15) is 22.9 Å². The number of amides is 1. The fourth-order valence-electron chi connectivity index (χ4n) is 4.54. The number of benzene rings is 2. The van der Waals surface area contributed by atoms with Crippen LogP contribution < -0.4 is 15.4 Å². The van der Waals surface area contributed by atoms with E-state index in [0.717, 1.165) is 37.0 Å². The second-order valence-electron chi connectivity index (χ2n) is 8.92. The summed E-state index contributed by atoms with van der Waals surface area (Å²) in [7, 11) is 0. The molecule has 4 aromatic rings. The van der Waals surface area contributed by atoms with Crippen molar-refractivity contribution in [1.82, 2.24) is 15.3 Å². The predicted molar refractivity (Wildman–Crippen MR) is 134 cm³/mol. The van der Waals surface area contributed by atoms with E-state index in [0.29, 0.717) is 17.4 Å². The van der Waals surface area contributed by atoms with Gasteiger partial charge in [0, 0.05) is 23.7 Å². The van der Waals surface area contributed by atoms with Crippen LogP contribution in [-0.2, 0) is 0 Å². The summed E-state index contributed by atoms with van der Waals surface area (Å²) in [5, 5.41) is 7.87. The van der Waals surface area contributed by atoms with Gasteiger partial charge in [0.05, 0.1) is 5.52 Å². The molecular weight excluding hydrogens is 443 g/mol. The number of para-hydroxylation sites is 1. The van der Waals surface area contributed by atoms with Crippen LogP contribution in [0.1, 0.15) is 41.6 Å². The Kier molecular flexibility index (Phi) is 6.57. The van der Waals surface area contributed by atoms with Crippen LogP contribution in [0.2, 0.25) is 0 Å². The van der Waals surface area contributed by atoms with E-state index < -0.39 is 0 Å². The van der Waals surface area contributed by atoms with Crippen molar-refractivity contribution in [1.29, 1.82) is 0 Å². The molecule has 7 heteroatoms. The van der Waals surface area contributed by atoms with Crippen LogP contribution in [0.4, 0.5) is 10.2 Å². The molecule has 0 unspecified atom stereocenters. The molecule has 1 fully saturated rings. The Morgan fingerprint density at radius 1 is 0.971 bits per heavy atom. The number of anilines is 1. The molecule has 2 N–H and O–H groups in total. The van der Waals surface area contributed by atoms with Crippen molar-refractivity contribution in [2.24, 2.45) is 0 Å². The lowest BCUT2D eigenvalue weighted by atomic mass is 9.91. The average Bonchev–Trinajstić information content (AvgIpc) is 2.87. The topological polar surface area (TPSA) is 76.1 Å². The van der Waals surface area contributed by atoms with E-state index in [4.69, 9.17) is 9.72 Å². The summed E-state index contributed by atoms with van der Waals surface area (Å²) in [5.74, 6) is 0.936. The number of nitrogens with zero attached hydrogens (tertiary/aromatic N) is 2. The first-order valence-corrected chi connectivity index (χ1v) is 11.9. The third-order valence-corrected chi connectivity index (χ3v) is 6.38. The number of fused-ring (bicyclic) bond motifs is 1. The van der Waals surface area contributed by atoms with Crippen LogP contribution in [0.5, 0.6) is 11.6 Å². The summed E-state index contributed by atoms with van der Waals surface area (Å²) < 4.78 is 18.9. The molecule has 178 valence electrons. The summed E-state index contributed by atoms with van der Waals surface area (Å²) in [6.07, 6.45) is 5.17. The number of aromatic nitrogens is 2. The molecule has 0 bridgehead atoms. The van der Waals surface area contributed by atoms with Gasteiger partial charge in [-0.15, -0.1) is 0 Å². The van der Waals surface area contributed by atoms with E-state index in [1.807, 2.05) is 18.2 Å². The first-order chi connectivity index (χ1) is 17.0. The van der Waals surface area contributed by atoms with Crippen LogP contribution in [-0.4, -0.2) is 28.0 Å². The van der Waals surface area contributed by atoms with Gasteiger partial charge in [-0.3, -0.25) is 4.79 Å². The van der Waals surface area contributed by atoms with Crippen molar-refractivity contribution >= 4 is 22.6 Å². The number of hydrogen-bond donors (Lipinski definition) is 2. The van der Waals surface area contributed by atoms with Gasteiger partial charge in [-0.05, 0) is 86.7 Å². The van der Waals surface area contributed by atoms with E-state index in [2.05, 4.69) is 34.7 Å². The average molecular weight is 471 g/mol. The van der Waals surface area contributed by atoms with E-state index in [-0.39, 0.29) is 23.6 Å². The first-order valence-electron chi connectivity index (χ1n) is 11.9. The number of nitrogens with one attached hydrogen (secondary N) is 2. The minimum Gasteiger partial charge on any atom is -0.438 e. The van der Waals surface area contributed by atoms with Crippen molar-refractivity contribution < 1.29 is 13.9 Å². The van der Waals surface area contributed by atoms with Crippen LogP contribution in [0.25, 0.3) is 10.9 Å². The zero-order chi connectivity index (χ0) is 24.2. The SMILES string of the molecule is Cc1cc(NC2CCC(NC(=O)c3cccnc3Oc3ccc(F)cc3)CC2)nc2ccccc12. The Morgan fingerprint density at radius 3 is 2.51 bits per heavy atom. The number of ether oxygens (including phenoxy) is 1. The standard InChI is InChI=1S/C28H27FN4O2/c1-18-17-26(33-25-7-3-2-5-23(18)25)31-20-10-12-21(13-11-20)32-27(34)24-6-4-16-30-28(24)35-22-14-8-19(29)9-15-22/h2-9,14-17,20-21H,10-13H2,1H3,(H,31,33)(H,32,34). The van der Waals surface area contributed by atoms with E-state index in [1.54, 1.807) is 18.3 Å². The molecule has 35 heavy (non-hydrogen) atoms. The summed E-state index contributed by atoms with van der Waals surface area (Å²) in [6, 6.07) is 19.7. The number of rotatable bonds is 6. The molecule has 2 heterocycles. The van der Waals surface area contributed by atoms with Crippen LogP contribution >= 0.6 is 0 Å². The Labute approximate surface area is 203 Å². The molecule has 1 aliphatic carbocycles. The fourth-order valence-corrected chi connectivity index (χ4v) is 4.54. The minimum absolute atomic E-state index is 0.0747. The van der Waals surface area contributed by atoms with Gasteiger partial charge >= 0.3 is 0 Å². The lowest BCUT2D eigenvalue weighted by Gasteiger charge is -2.30. The Balaban J connectivity index is 1.18. The smallest absolute Gasteiger partial charge is 0.257 e. The molecule has 5 rings (SSSR count). The molecule has 2 aromatic carbocycles. The molecule has 1 amide bonds. The lowest BCUT2D eigenvalue weighted by molar-refractivity contribution is 0.0923. The Morgan fingerprint density at radius 2 is 1.71 bits per heavy atom. The van der Waals surface area contributed by atoms with Gasteiger partial charge in [-0.2, -0.15) is 0 Å². The minimum atomic E-state index is -0.354. The molecule has 6 nitrogen and oxygen atoms in total. The Bertz CT molecular complexity index is 1330. The van der Waals surface area contributed by atoms with Crippen molar-refractivity contribution in [2.45, 2.75) is 44.7 Å². The van der Waals surface area contributed by atoms with E-state index >= 15 is 0 Å². The predicted octanol–water partition coefficient (Wildman–Crippen LogP) is 6.02. The number of pyridine rings is 2. The number of hydrogen-bond acceptors (Lipinski definition) is 5. The third-order valence-electron chi connectivity index (χ3n) is 6.38. The van der Waals surface area contributed by atoms with Crippen molar-refractivity contribution in [3.8, 4) is 11.6 Å². The summed E-state index contributed by atoms with van der Waals surface area (Å²) >= 11 is 0. The largest absolute Gasteiger partial charge is 0.438 e. The molecule has 0 saturated heterocycles. The molecule has 0 atom stereocenters.